The van der Waals surface area contributed by atoms with E-state index < -0.39 is 10.8 Å². The molecule has 180 valence electrons. The summed E-state index contributed by atoms with van der Waals surface area (Å²) in [6.45, 7) is 0.565. The monoisotopic (exact) mass is 481 g/mol. The molecule has 36 heavy (non-hydrogen) atoms. The molecular formula is C28H23N3O5. The van der Waals surface area contributed by atoms with Gasteiger partial charge in [-0.15, -0.1) is 0 Å². The van der Waals surface area contributed by atoms with E-state index in [-0.39, 0.29) is 12.3 Å². The number of nitrogens with zero attached hydrogens (tertiary/aromatic N) is 2. The van der Waals surface area contributed by atoms with Gasteiger partial charge in [0.1, 0.15) is 24.7 Å². The van der Waals surface area contributed by atoms with Crippen molar-refractivity contribution in [1.82, 2.24) is 5.43 Å². The highest BCUT2D eigenvalue weighted by Crippen LogP contribution is 2.21. The number of nitrogens with one attached hydrogen (secondary N) is 1. The second kappa shape index (κ2) is 11.9. The lowest BCUT2D eigenvalue weighted by Gasteiger charge is -2.11. The zero-order valence-corrected chi connectivity index (χ0v) is 19.2. The van der Waals surface area contributed by atoms with E-state index in [2.05, 4.69) is 10.5 Å². The first-order chi connectivity index (χ1) is 17.6. The Morgan fingerprint density at radius 1 is 0.778 bits per heavy atom. The van der Waals surface area contributed by atoms with Crippen molar-refractivity contribution < 1.29 is 19.2 Å². The maximum absolute atomic E-state index is 12.8. The zero-order valence-electron chi connectivity index (χ0n) is 19.2. The van der Waals surface area contributed by atoms with Gasteiger partial charge in [-0.2, -0.15) is 5.10 Å². The Labute approximate surface area is 208 Å². The number of amides is 1. The summed E-state index contributed by atoms with van der Waals surface area (Å²) < 4.78 is 11.7. The molecule has 0 heterocycles. The van der Waals surface area contributed by atoms with E-state index in [0.717, 1.165) is 11.1 Å². The number of rotatable bonds is 10. The molecule has 8 heteroatoms. The van der Waals surface area contributed by atoms with Crippen molar-refractivity contribution in [2.75, 3.05) is 0 Å². The molecule has 0 aromatic heterocycles. The van der Waals surface area contributed by atoms with Gasteiger partial charge in [0.2, 0.25) is 0 Å². The molecule has 0 unspecified atom stereocenters. The highest BCUT2D eigenvalue weighted by molar-refractivity contribution is 5.97. The topological polar surface area (TPSA) is 103 Å². The second-order valence-corrected chi connectivity index (χ2v) is 7.72. The largest absolute Gasteiger partial charge is 0.488 e. The third-order valence-corrected chi connectivity index (χ3v) is 5.20. The van der Waals surface area contributed by atoms with E-state index in [1.54, 1.807) is 48.5 Å². The van der Waals surface area contributed by atoms with E-state index in [1.807, 2.05) is 42.5 Å². The second-order valence-electron chi connectivity index (χ2n) is 7.72. The van der Waals surface area contributed by atoms with E-state index in [1.165, 1.54) is 18.3 Å². The highest BCUT2D eigenvalue weighted by atomic mass is 16.6. The van der Waals surface area contributed by atoms with Gasteiger partial charge in [-0.1, -0.05) is 54.6 Å². The van der Waals surface area contributed by atoms with Gasteiger partial charge in [0.25, 0.3) is 11.6 Å². The molecule has 4 rings (SSSR count). The maximum atomic E-state index is 12.8. The number of hydrazone groups is 1. The van der Waals surface area contributed by atoms with Gasteiger partial charge < -0.3 is 9.47 Å². The summed E-state index contributed by atoms with van der Waals surface area (Å²) in [6, 6.07) is 30.1. The fourth-order valence-electron chi connectivity index (χ4n) is 3.33. The molecule has 1 N–H and O–H groups in total. The molecule has 0 spiro atoms. The lowest BCUT2D eigenvalue weighted by atomic mass is 10.2. The number of ether oxygens (including phenoxy) is 2. The molecule has 4 aromatic carbocycles. The molecule has 4 aromatic rings. The first-order valence-corrected chi connectivity index (χ1v) is 11.1. The Morgan fingerprint density at radius 3 is 2.08 bits per heavy atom. The van der Waals surface area contributed by atoms with E-state index in [9.17, 15) is 14.9 Å². The minimum absolute atomic E-state index is 0.0223. The van der Waals surface area contributed by atoms with Crippen LogP contribution in [0.2, 0.25) is 0 Å². The maximum Gasteiger partial charge on any atom is 0.275 e. The fourth-order valence-corrected chi connectivity index (χ4v) is 3.33. The Kier molecular flexibility index (Phi) is 8.01. The number of hydrogen-bond donors (Lipinski definition) is 1. The van der Waals surface area contributed by atoms with Crippen molar-refractivity contribution in [1.29, 1.82) is 0 Å². The van der Waals surface area contributed by atoms with Crippen molar-refractivity contribution in [2.45, 2.75) is 13.2 Å². The third kappa shape index (κ3) is 6.54. The third-order valence-electron chi connectivity index (χ3n) is 5.20. The Hall–Kier alpha value is -4.98. The van der Waals surface area contributed by atoms with Crippen LogP contribution in [-0.4, -0.2) is 17.0 Å². The van der Waals surface area contributed by atoms with Crippen molar-refractivity contribution in [2.24, 2.45) is 5.10 Å². The predicted molar refractivity (Wildman–Crippen MR) is 136 cm³/mol. The smallest absolute Gasteiger partial charge is 0.275 e. The highest BCUT2D eigenvalue weighted by Gasteiger charge is 2.12. The van der Waals surface area contributed by atoms with Gasteiger partial charge in [-0.25, -0.2) is 5.43 Å². The van der Waals surface area contributed by atoms with Gasteiger partial charge in [-0.05, 0) is 47.5 Å². The van der Waals surface area contributed by atoms with Gasteiger partial charge in [0, 0.05) is 17.7 Å². The van der Waals surface area contributed by atoms with Crippen LogP contribution in [-0.2, 0) is 13.2 Å². The summed E-state index contributed by atoms with van der Waals surface area (Å²) in [5, 5.41) is 14.9. The molecule has 0 aliphatic carbocycles. The number of non-ortho nitro benzene ring substituents is 1. The average molecular weight is 482 g/mol. The number of para-hydroxylation sites is 2. The first-order valence-electron chi connectivity index (χ1n) is 11.1. The SMILES string of the molecule is O=C(N/N=C\c1ccccc1OCc1ccc([N+](=O)[O-])cc1)c1ccccc1OCc1ccccc1. The van der Waals surface area contributed by atoms with Gasteiger partial charge in [0.05, 0.1) is 16.7 Å². The zero-order chi connectivity index (χ0) is 25.2. The summed E-state index contributed by atoms with van der Waals surface area (Å²) in [4.78, 5) is 23.1. The molecular weight excluding hydrogens is 458 g/mol. The van der Waals surface area contributed by atoms with Gasteiger partial charge >= 0.3 is 0 Å². The molecule has 0 radical (unpaired) electrons. The van der Waals surface area contributed by atoms with Crippen LogP contribution in [0.15, 0.2) is 108 Å². The minimum Gasteiger partial charge on any atom is -0.488 e. The Balaban J connectivity index is 1.37. The lowest BCUT2D eigenvalue weighted by molar-refractivity contribution is -0.384. The fraction of sp³-hybridized carbons (Fsp3) is 0.0714. The average Bonchev–Trinajstić information content (AvgIpc) is 2.92. The van der Waals surface area contributed by atoms with Crippen LogP contribution < -0.4 is 14.9 Å². The summed E-state index contributed by atoms with van der Waals surface area (Å²) in [5.41, 5.74) is 5.37. The number of nitro benzene ring substituents is 1. The molecule has 0 atom stereocenters. The van der Waals surface area contributed by atoms with Gasteiger partial charge in [0.15, 0.2) is 0 Å². The molecule has 0 bridgehead atoms. The van der Waals surface area contributed by atoms with Crippen LogP contribution in [0.25, 0.3) is 0 Å². The van der Waals surface area contributed by atoms with Crippen molar-refractivity contribution in [3.8, 4) is 11.5 Å². The molecule has 0 fully saturated rings. The van der Waals surface area contributed by atoms with Crippen LogP contribution >= 0.6 is 0 Å². The number of hydrogen-bond acceptors (Lipinski definition) is 6. The van der Waals surface area contributed by atoms with E-state index in [0.29, 0.717) is 29.2 Å². The molecule has 8 nitrogen and oxygen atoms in total. The number of benzene rings is 4. The van der Waals surface area contributed by atoms with Crippen LogP contribution in [0.5, 0.6) is 11.5 Å². The summed E-state index contributed by atoms with van der Waals surface area (Å²) in [5.74, 6) is 0.612. The quantitative estimate of drug-likeness (QED) is 0.183. The number of nitro groups is 1. The molecule has 0 saturated carbocycles. The summed E-state index contributed by atoms with van der Waals surface area (Å²) in [6.07, 6.45) is 1.50. The van der Waals surface area contributed by atoms with Crippen LogP contribution in [0.4, 0.5) is 5.69 Å². The Morgan fingerprint density at radius 2 is 1.36 bits per heavy atom. The standard InChI is InChI=1S/C28H23N3O5/c32-28(25-11-5-7-13-27(25)36-19-21-8-2-1-3-9-21)30-29-18-23-10-4-6-12-26(23)35-20-22-14-16-24(17-15-22)31(33)34/h1-18H,19-20H2,(H,30,32)/b29-18-. The minimum atomic E-state index is -0.446. The predicted octanol–water partition coefficient (Wildman–Crippen LogP) is 5.52. The van der Waals surface area contributed by atoms with Crippen LogP contribution in [0.1, 0.15) is 27.0 Å². The molecule has 1 amide bonds. The van der Waals surface area contributed by atoms with Crippen LogP contribution in [0.3, 0.4) is 0 Å². The van der Waals surface area contributed by atoms with Crippen molar-refractivity contribution in [3.63, 3.8) is 0 Å². The number of carbonyl (C=O) groups excluding carboxylic acids is 1. The lowest BCUT2D eigenvalue weighted by Crippen LogP contribution is -2.18. The normalized spacial score (nSPS) is 10.7. The molecule has 0 saturated heterocycles. The van der Waals surface area contributed by atoms with E-state index in [4.69, 9.17) is 9.47 Å². The molecule has 0 aliphatic heterocycles. The van der Waals surface area contributed by atoms with E-state index >= 15 is 0 Å². The first kappa shape index (κ1) is 24.2. The number of carbonyl (C=O) groups is 1. The van der Waals surface area contributed by atoms with Crippen LogP contribution in [0, 0.1) is 10.1 Å². The summed E-state index contributed by atoms with van der Waals surface area (Å²) >= 11 is 0. The molecule has 0 aliphatic rings. The van der Waals surface area contributed by atoms with Gasteiger partial charge in [-0.3, -0.25) is 14.9 Å². The van der Waals surface area contributed by atoms with Crippen molar-refractivity contribution in [3.05, 3.63) is 135 Å². The summed E-state index contributed by atoms with van der Waals surface area (Å²) in [7, 11) is 0. The van der Waals surface area contributed by atoms with Crippen molar-refractivity contribution >= 4 is 17.8 Å². The Bertz CT molecular complexity index is 1360.